The van der Waals surface area contributed by atoms with E-state index in [1.54, 1.807) is 0 Å². The average molecular weight is 279 g/mol. The fourth-order valence-corrected chi connectivity index (χ4v) is 3.01. The lowest BCUT2D eigenvalue weighted by molar-refractivity contribution is 0.0940. The number of hydrogen-bond acceptors (Lipinski definition) is 1. The highest BCUT2D eigenvalue weighted by Crippen LogP contribution is 2.25. The molecular weight excluding hydrogens is 258 g/mol. The SMILES string of the molecule is Cc1cccc(C(=O)N[C@@H](C)c2ccc3c(c2)CCC3)c1. The van der Waals surface area contributed by atoms with Gasteiger partial charge in [-0.15, -0.1) is 0 Å². The summed E-state index contributed by atoms with van der Waals surface area (Å²) in [7, 11) is 0. The number of amides is 1. The topological polar surface area (TPSA) is 29.1 Å². The first-order valence-electron chi connectivity index (χ1n) is 7.63. The van der Waals surface area contributed by atoms with Gasteiger partial charge in [0.25, 0.3) is 5.91 Å². The molecule has 2 heteroatoms. The van der Waals surface area contributed by atoms with Crippen LogP contribution in [0.4, 0.5) is 0 Å². The minimum atomic E-state index is -0.00769. The Morgan fingerprint density at radius 2 is 1.90 bits per heavy atom. The molecule has 0 saturated heterocycles. The molecule has 0 aliphatic heterocycles. The maximum atomic E-state index is 12.3. The zero-order chi connectivity index (χ0) is 14.8. The molecule has 1 aliphatic rings. The largest absolute Gasteiger partial charge is 0.346 e. The van der Waals surface area contributed by atoms with Gasteiger partial charge in [-0.3, -0.25) is 4.79 Å². The zero-order valence-electron chi connectivity index (χ0n) is 12.6. The van der Waals surface area contributed by atoms with Crippen LogP contribution in [0.25, 0.3) is 0 Å². The first-order chi connectivity index (χ1) is 10.1. The molecule has 1 N–H and O–H groups in total. The second kappa shape index (κ2) is 5.72. The lowest BCUT2D eigenvalue weighted by Gasteiger charge is -2.16. The minimum absolute atomic E-state index is 0.00769. The van der Waals surface area contributed by atoms with Gasteiger partial charge in [-0.05, 0) is 61.9 Å². The van der Waals surface area contributed by atoms with Crippen LogP contribution >= 0.6 is 0 Å². The van der Waals surface area contributed by atoms with Crippen LogP contribution in [-0.4, -0.2) is 5.91 Å². The van der Waals surface area contributed by atoms with E-state index in [0.29, 0.717) is 0 Å². The third-order valence-corrected chi connectivity index (χ3v) is 4.25. The third kappa shape index (κ3) is 2.99. The molecule has 0 radical (unpaired) electrons. The highest BCUT2D eigenvalue weighted by molar-refractivity contribution is 5.94. The summed E-state index contributed by atoms with van der Waals surface area (Å²) < 4.78 is 0. The number of aryl methyl sites for hydroxylation is 3. The van der Waals surface area contributed by atoms with E-state index in [1.165, 1.54) is 36.0 Å². The number of carbonyl (C=O) groups is 1. The second-order valence-corrected chi connectivity index (χ2v) is 5.95. The smallest absolute Gasteiger partial charge is 0.251 e. The van der Waals surface area contributed by atoms with Gasteiger partial charge in [0.1, 0.15) is 0 Å². The summed E-state index contributed by atoms with van der Waals surface area (Å²) in [6.07, 6.45) is 3.62. The Labute approximate surface area is 126 Å². The van der Waals surface area contributed by atoms with E-state index in [-0.39, 0.29) is 11.9 Å². The van der Waals surface area contributed by atoms with Crippen LogP contribution in [0.3, 0.4) is 0 Å². The quantitative estimate of drug-likeness (QED) is 0.905. The van der Waals surface area contributed by atoms with Crippen molar-refractivity contribution < 1.29 is 4.79 Å². The summed E-state index contributed by atoms with van der Waals surface area (Å²) in [6, 6.07) is 14.3. The van der Waals surface area contributed by atoms with Gasteiger partial charge in [0.2, 0.25) is 0 Å². The fourth-order valence-electron chi connectivity index (χ4n) is 3.01. The molecule has 2 aromatic carbocycles. The van der Waals surface area contributed by atoms with E-state index >= 15 is 0 Å². The number of hydrogen-bond donors (Lipinski definition) is 1. The molecule has 0 fully saturated rings. The van der Waals surface area contributed by atoms with Crippen molar-refractivity contribution in [1.29, 1.82) is 0 Å². The number of nitrogens with one attached hydrogen (secondary N) is 1. The molecule has 21 heavy (non-hydrogen) atoms. The summed E-state index contributed by atoms with van der Waals surface area (Å²) in [5, 5.41) is 3.09. The lowest BCUT2D eigenvalue weighted by atomic mass is 10.0. The Balaban J connectivity index is 1.74. The van der Waals surface area contributed by atoms with Crippen LogP contribution in [0, 0.1) is 6.92 Å². The summed E-state index contributed by atoms with van der Waals surface area (Å²) in [4.78, 5) is 12.3. The zero-order valence-corrected chi connectivity index (χ0v) is 12.6. The summed E-state index contributed by atoms with van der Waals surface area (Å²) >= 11 is 0. The van der Waals surface area contributed by atoms with Crippen molar-refractivity contribution in [3.8, 4) is 0 Å². The molecule has 0 saturated carbocycles. The van der Waals surface area contributed by atoms with Gasteiger partial charge >= 0.3 is 0 Å². The van der Waals surface area contributed by atoms with Crippen molar-refractivity contribution >= 4 is 5.91 Å². The van der Waals surface area contributed by atoms with Crippen molar-refractivity contribution in [2.24, 2.45) is 0 Å². The maximum absolute atomic E-state index is 12.3. The second-order valence-electron chi connectivity index (χ2n) is 5.95. The van der Waals surface area contributed by atoms with Crippen molar-refractivity contribution in [2.45, 2.75) is 39.2 Å². The minimum Gasteiger partial charge on any atom is -0.346 e. The van der Waals surface area contributed by atoms with Crippen LogP contribution in [-0.2, 0) is 12.8 Å². The van der Waals surface area contributed by atoms with Gasteiger partial charge in [0.05, 0.1) is 6.04 Å². The Morgan fingerprint density at radius 1 is 1.10 bits per heavy atom. The standard InChI is InChI=1S/C19H21NO/c1-13-5-3-8-18(11-13)19(21)20-14(2)16-10-9-15-6-4-7-17(15)12-16/h3,5,8-12,14H,4,6-7H2,1-2H3,(H,20,21)/t14-/m0/s1. The Bertz CT molecular complexity index is 675. The third-order valence-electron chi connectivity index (χ3n) is 4.25. The van der Waals surface area contributed by atoms with Crippen molar-refractivity contribution in [2.75, 3.05) is 0 Å². The molecule has 0 heterocycles. The van der Waals surface area contributed by atoms with Crippen LogP contribution in [0.5, 0.6) is 0 Å². The summed E-state index contributed by atoms with van der Waals surface area (Å²) in [5.74, 6) is -0.00769. The van der Waals surface area contributed by atoms with Gasteiger partial charge in [0, 0.05) is 5.56 Å². The molecule has 0 spiro atoms. The van der Waals surface area contributed by atoms with Crippen LogP contribution in [0.15, 0.2) is 42.5 Å². The highest BCUT2D eigenvalue weighted by Gasteiger charge is 2.15. The molecule has 1 amide bonds. The van der Waals surface area contributed by atoms with Gasteiger partial charge in [0.15, 0.2) is 0 Å². The molecule has 1 aliphatic carbocycles. The van der Waals surface area contributed by atoms with E-state index in [0.717, 1.165) is 11.1 Å². The summed E-state index contributed by atoms with van der Waals surface area (Å²) in [5.41, 5.74) is 5.94. The van der Waals surface area contributed by atoms with Crippen LogP contribution in [0.1, 0.15) is 52.0 Å². The maximum Gasteiger partial charge on any atom is 0.251 e. The van der Waals surface area contributed by atoms with Gasteiger partial charge in [-0.25, -0.2) is 0 Å². The van der Waals surface area contributed by atoms with Gasteiger partial charge in [-0.2, -0.15) is 0 Å². The lowest BCUT2D eigenvalue weighted by Crippen LogP contribution is -2.26. The number of carbonyl (C=O) groups excluding carboxylic acids is 1. The number of fused-ring (bicyclic) bond motifs is 1. The normalized spacial score (nSPS) is 14.6. The molecule has 2 nitrogen and oxygen atoms in total. The molecule has 108 valence electrons. The van der Waals surface area contributed by atoms with E-state index in [9.17, 15) is 4.79 Å². The molecule has 1 atom stereocenters. The molecule has 2 aromatic rings. The molecular formula is C19H21NO. The van der Waals surface area contributed by atoms with Gasteiger partial charge < -0.3 is 5.32 Å². The monoisotopic (exact) mass is 279 g/mol. The average Bonchev–Trinajstić information content (AvgIpc) is 2.94. The Hall–Kier alpha value is -2.09. The van der Waals surface area contributed by atoms with E-state index < -0.39 is 0 Å². The first kappa shape index (κ1) is 13.9. The predicted molar refractivity (Wildman–Crippen MR) is 85.5 cm³/mol. The molecule has 0 aromatic heterocycles. The van der Waals surface area contributed by atoms with E-state index in [1.807, 2.05) is 38.1 Å². The summed E-state index contributed by atoms with van der Waals surface area (Å²) in [6.45, 7) is 4.05. The number of benzene rings is 2. The van der Waals surface area contributed by atoms with Crippen molar-refractivity contribution in [3.63, 3.8) is 0 Å². The van der Waals surface area contributed by atoms with Crippen molar-refractivity contribution in [3.05, 3.63) is 70.3 Å². The Kier molecular flexibility index (Phi) is 3.78. The van der Waals surface area contributed by atoms with Crippen molar-refractivity contribution in [1.82, 2.24) is 5.32 Å². The molecule has 0 bridgehead atoms. The van der Waals surface area contributed by atoms with E-state index in [4.69, 9.17) is 0 Å². The fraction of sp³-hybridized carbons (Fsp3) is 0.316. The van der Waals surface area contributed by atoms with E-state index in [2.05, 4.69) is 23.5 Å². The highest BCUT2D eigenvalue weighted by atomic mass is 16.1. The molecule has 3 rings (SSSR count). The number of rotatable bonds is 3. The Morgan fingerprint density at radius 3 is 2.71 bits per heavy atom. The van der Waals surface area contributed by atoms with Gasteiger partial charge in [-0.1, -0.05) is 35.9 Å². The first-order valence-corrected chi connectivity index (χ1v) is 7.63. The van der Waals surface area contributed by atoms with Crippen LogP contribution in [0.2, 0.25) is 0 Å². The molecule has 0 unspecified atom stereocenters. The van der Waals surface area contributed by atoms with Crippen LogP contribution < -0.4 is 5.32 Å². The predicted octanol–water partition coefficient (Wildman–Crippen LogP) is 3.97.